The molecule has 10 heteroatoms. The Morgan fingerprint density at radius 3 is 1.58 bits per heavy atom. The molecule has 0 saturated carbocycles. The van der Waals surface area contributed by atoms with Crippen molar-refractivity contribution in [2.75, 3.05) is 26.4 Å². The molecule has 0 aromatic rings. The third-order valence-electron chi connectivity index (χ3n) is 8.25. The number of carbonyl (C=O) groups excluding carboxylic acids is 2. The van der Waals surface area contributed by atoms with Crippen LogP contribution in [0.1, 0.15) is 174 Å². The van der Waals surface area contributed by atoms with Crippen LogP contribution in [0.3, 0.4) is 0 Å². The van der Waals surface area contributed by atoms with Gasteiger partial charge in [-0.2, -0.15) is 0 Å². The number of nitrogens with two attached hydrogens (primary N) is 1. The highest BCUT2D eigenvalue weighted by atomic mass is 31.2. The molecule has 0 aromatic carbocycles. The van der Waals surface area contributed by atoms with Gasteiger partial charge in [0.1, 0.15) is 6.61 Å². The summed E-state index contributed by atoms with van der Waals surface area (Å²) >= 11 is 0. The van der Waals surface area contributed by atoms with E-state index in [0.29, 0.717) is 12.8 Å². The summed E-state index contributed by atoms with van der Waals surface area (Å²) in [4.78, 5) is 34.7. The maximum absolute atomic E-state index is 12.5. The first kappa shape index (κ1) is 48.2. The Labute approximate surface area is 305 Å². The molecule has 0 bridgehead atoms. The Morgan fingerprint density at radius 1 is 0.600 bits per heavy atom. The van der Waals surface area contributed by atoms with Gasteiger partial charge in [0.2, 0.25) is 0 Å². The standard InChI is InChI=1S/C40H74NO8P/c1-3-5-7-9-11-13-15-17-19-21-22-24-26-28-30-32-39(42)46-36-38(37-48-50(44,45)47-35-34-41)49-40(43)33-31-29-27-25-23-20-18-16-14-12-10-8-6-4-2/h11,13,16-19,38H,3-10,12,14-15,20-37,41H2,1-2H3,(H,44,45)/b13-11+,18-16+,19-17+/t38-/m1/s1. The average molecular weight is 728 g/mol. The number of allylic oxidation sites excluding steroid dienone is 6. The van der Waals surface area contributed by atoms with Crippen molar-refractivity contribution >= 4 is 19.8 Å². The molecule has 0 saturated heterocycles. The van der Waals surface area contributed by atoms with E-state index in [9.17, 15) is 19.0 Å². The Bertz CT molecular complexity index is 923. The number of carbonyl (C=O) groups is 2. The van der Waals surface area contributed by atoms with Gasteiger partial charge in [0.05, 0.1) is 13.2 Å². The summed E-state index contributed by atoms with van der Waals surface area (Å²) in [6.45, 7) is 3.66. The van der Waals surface area contributed by atoms with Crippen molar-refractivity contribution in [3.63, 3.8) is 0 Å². The van der Waals surface area contributed by atoms with Gasteiger partial charge in [-0.3, -0.25) is 18.6 Å². The highest BCUT2D eigenvalue weighted by Gasteiger charge is 2.25. The van der Waals surface area contributed by atoms with E-state index < -0.39 is 32.5 Å². The van der Waals surface area contributed by atoms with Gasteiger partial charge >= 0.3 is 19.8 Å². The normalized spacial score (nSPS) is 13.8. The van der Waals surface area contributed by atoms with Crippen molar-refractivity contribution in [1.82, 2.24) is 0 Å². The molecule has 0 amide bonds. The van der Waals surface area contributed by atoms with E-state index in [4.69, 9.17) is 24.3 Å². The van der Waals surface area contributed by atoms with Gasteiger partial charge in [-0.1, -0.05) is 127 Å². The summed E-state index contributed by atoms with van der Waals surface area (Å²) in [7, 11) is -4.38. The summed E-state index contributed by atoms with van der Waals surface area (Å²) in [5.74, 6) is -0.856. The minimum atomic E-state index is -4.38. The van der Waals surface area contributed by atoms with E-state index in [1.807, 2.05) is 0 Å². The van der Waals surface area contributed by atoms with Crippen LogP contribution in [0.2, 0.25) is 0 Å². The molecule has 292 valence electrons. The van der Waals surface area contributed by atoms with E-state index in [0.717, 1.165) is 70.6 Å². The van der Waals surface area contributed by atoms with Gasteiger partial charge in [0.25, 0.3) is 0 Å². The molecule has 0 spiro atoms. The molecular formula is C40H74NO8P. The molecule has 0 rings (SSSR count). The minimum absolute atomic E-state index is 0.0496. The smallest absolute Gasteiger partial charge is 0.462 e. The number of hydrogen-bond donors (Lipinski definition) is 2. The highest BCUT2D eigenvalue weighted by molar-refractivity contribution is 7.47. The molecule has 0 aliphatic carbocycles. The first-order valence-corrected chi connectivity index (χ1v) is 21.5. The van der Waals surface area contributed by atoms with E-state index in [2.05, 4.69) is 50.3 Å². The Kier molecular flexibility index (Phi) is 35.7. The second-order valence-electron chi connectivity index (χ2n) is 13.1. The molecule has 3 N–H and O–H groups in total. The van der Waals surface area contributed by atoms with Crippen LogP contribution in [0.5, 0.6) is 0 Å². The van der Waals surface area contributed by atoms with Gasteiger partial charge in [0, 0.05) is 19.4 Å². The molecule has 0 fully saturated rings. The van der Waals surface area contributed by atoms with Crippen molar-refractivity contribution in [3.8, 4) is 0 Å². The topological polar surface area (TPSA) is 134 Å². The fourth-order valence-electron chi connectivity index (χ4n) is 5.25. The van der Waals surface area contributed by atoms with Gasteiger partial charge < -0.3 is 20.1 Å². The summed E-state index contributed by atoms with van der Waals surface area (Å²) in [6, 6.07) is 0. The van der Waals surface area contributed by atoms with E-state index in [1.165, 1.54) is 64.2 Å². The molecule has 0 aromatic heterocycles. The lowest BCUT2D eigenvalue weighted by Gasteiger charge is -2.19. The number of unbranched alkanes of at least 4 members (excludes halogenated alkanes) is 18. The van der Waals surface area contributed by atoms with Gasteiger partial charge in [-0.25, -0.2) is 4.57 Å². The van der Waals surface area contributed by atoms with Gasteiger partial charge in [-0.15, -0.1) is 0 Å². The Morgan fingerprint density at radius 2 is 1.04 bits per heavy atom. The molecule has 0 radical (unpaired) electrons. The van der Waals surface area contributed by atoms with Crippen molar-refractivity contribution in [3.05, 3.63) is 36.5 Å². The third-order valence-corrected chi connectivity index (χ3v) is 9.23. The van der Waals surface area contributed by atoms with Crippen LogP contribution in [0.4, 0.5) is 0 Å². The predicted molar refractivity (Wildman–Crippen MR) is 206 cm³/mol. The Hall–Kier alpha value is -1.77. The van der Waals surface area contributed by atoms with Crippen molar-refractivity contribution < 1.29 is 37.6 Å². The monoisotopic (exact) mass is 728 g/mol. The first-order valence-electron chi connectivity index (χ1n) is 20.0. The summed E-state index contributed by atoms with van der Waals surface area (Å²) in [5, 5.41) is 0. The number of rotatable bonds is 37. The number of phosphoric acid groups is 1. The molecule has 0 aliphatic rings. The van der Waals surface area contributed by atoms with Gasteiger partial charge in [-0.05, 0) is 70.6 Å². The third kappa shape index (κ3) is 36.0. The number of hydrogen-bond acceptors (Lipinski definition) is 8. The van der Waals surface area contributed by atoms with Crippen LogP contribution in [0.15, 0.2) is 36.5 Å². The molecule has 2 atom stereocenters. The predicted octanol–water partition coefficient (Wildman–Crippen LogP) is 11.0. The van der Waals surface area contributed by atoms with Crippen LogP contribution in [-0.2, 0) is 32.7 Å². The molecule has 0 aliphatic heterocycles. The number of phosphoric ester groups is 1. The summed E-state index contributed by atoms with van der Waals surface area (Å²) in [5.41, 5.74) is 5.33. The van der Waals surface area contributed by atoms with E-state index >= 15 is 0 Å². The van der Waals surface area contributed by atoms with Crippen LogP contribution in [-0.4, -0.2) is 49.3 Å². The number of esters is 2. The van der Waals surface area contributed by atoms with E-state index in [-0.39, 0.29) is 32.6 Å². The lowest BCUT2D eigenvalue weighted by atomic mass is 10.1. The van der Waals surface area contributed by atoms with Crippen LogP contribution < -0.4 is 5.73 Å². The molecule has 9 nitrogen and oxygen atoms in total. The fourth-order valence-corrected chi connectivity index (χ4v) is 6.01. The molecule has 0 heterocycles. The van der Waals surface area contributed by atoms with Gasteiger partial charge in [0.15, 0.2) is 6.10 Å². The molecule has 50 heavy (non-hydrogen) atoms. The maximum atomic E-state index is 12.5. The van der Waals surface area contributed by atoms with Crippen LogP contribution in [0.25, 0.3) is 0 Å². The zero-order valence-electron chi connectivity index (χ0n) is 31.9. The lowest BCUT2D eigenvalue weighted by molar-refractivity contribution is -0.161. The molecular weight excluding hydrogens is 653 g/mol. The summed E-state index contributed by atoms with van der Waals surface area (Å²) < 4.78 is 32.7. The van der Waals surface area contributed by atoms with Crippen molar-refractivity contribution in [2.45, 2.75) is 180 Å². The largest absolute Gasteiger partial charge is 0.472 e. The SMILES string of the molecule is CCCCC/C=C/C/C=C/CCCCCCCC(=O)OC[C@H](COP(=O)(O)OCCN)OC(=O)CCCCCCC/C=C/CCCCCCC. The zero-order valence-corrected chi connectivity index (χ0v) is 32.8. The van der Waals surface area contributed by atoms with Crippen molar-refractivity contribution in [1.29, 1.82) is 0 Å². The second kappa shape index (κ2) is 37.0. The molecule has 1 unspecified atom stereocenters. The zero-order chi connectivity index (χ0) is 36.8. The summed E-state index contributed by atoms with van der Waals surface area (Å²) in [6.07, 6.45) is 38.8. The quantitative estimate of drug-likeness (QED) is 0.0277. The highest BCUT2D eigenvalue weighted by Crippen LogP contribution is 2.43. The average Bonchev–Trinajstić information content (AvgIpc) is 3.10. The van der Waals surface area contributed by atoms with Crippen molar-refractivity contribution in [2.24, 2.45) is 5.73 Å². The minimum Gasteiger partial charge on any atom is -0.462 e. The van der Waals surface area contributed by atoms with Crippen LogP contribution >= 0.6 is 7.82 Å². The maximum Gasteiger partial charge on any atom is 0.472 e. The van der Waals surface area contributed by atoms with Crippen LogP contribution in [0, 0.1) is 0 Å². The van der Waals surface area contributed by atoms with E-state index in [1.54, 1.807) is 0 Å². The fraction of sp³-hybridized carbons (Fsp3) is 0.800. The Balaban J connectivity index is 4.24. The second-order valence-corrected chi connectivity index (χ2v) is 14.6. The first-order chi connectivity index (χ1) is 24.3. The number of ether oxygens (including phenoxy) is 2. The lowest BCUT2D eigenvalue weighted by Crippen LogP contribution is -2.29.